The first-order valence-corrected chi connectivity index (χ1v) is 7.97. The summed E-state index contributed by atoms with van der Waals surface area (Å²) in [6, 6.07) is 6.94. The molecule has 0 saturated carbocycles. The lowest BCUT2D eigenvalue weighted by Crippen LogP contribution is -2.54. The van der Waals surface area contributed by atoms with Gasteiger partial charge < -0.3 is 14.8 Å². The van der Waals surface area contributed by atoms with Gasteiger partial charge in [0.1, 0.15) is 5.75 Å². The van der Waals surface area contributed by atoms with E-state index in [0.717, 1.165) is 18.2 Å². The third kappa shape index (κ3) is 4.36. The Morgan fingerprint density at radius 1 is 1.35 bits per heavy atom. The molecule has 1 fully saturated rings. The van der Waals surface area contributed by atoms with Crippen LogP contribution in [0.5, 0.6) is 5.75 Å². The van der Waals surface area contributed by atoms with E-state index < -0.39 is 0 Å². The van der Waals surface area contributed by atoms with E-state index in [-0.39, 0.29) is 18.1 Å². The Hall–Kier alpha value is -0.780. The molecule has 1 aromatic carbocycles. The molecule has 0 unspecified atom stereocenters. The third-order valence-corrected chi connectivity index (χ3v) is 4.62. The molecule has 1 aliphatic heterocycles. The predicted molar refractivity (Wildman–Crippen MR) is 81.7 cm³/mol. The van der Waals surface area contributed by atoms with Crippen molar-refractivity contribution in [3.8, 4) is 5.75 Å². The monoisotopic (exact) mass is 361 g/mol. The van der Waals surface area contributed by atoms with E-state index in [4.69, 9.17) is 21.1 Å². The zero-order valence-electron chi connectivity index (χ0n) is 11.0. The van der Waals surface area contributed by atoms with Crippen molar-refractivity contribution in [3.05, 3.63) is 29.3 Å². The molecule has 1 N–H and O–H groups in total. The largest absolute Gasteiger partial charge is 0.484 e. The van der Waals surface area contributed by atoms with Crippen molar-refractivity contribution in [2.75, 3.05) is 25.2 Å². The van der Waals surface area contributed by atoms with Crippen molar-refractivity contribution >= 4 is 33.4 Å². The van der Waals surface area contributed by atoms with Crippen LogP contribution in [0.2, 0.25) is 5.02 Å². The highest BCUT2D eigenvalue weighted by Crippen LogP contribution is 2.23. The number of alkyl halides is 1. The highest BCUT2D eigenvalue weighted by atomic mass is 79.9. The van der Waals surface area contributed by atoms with Crippen molar-refractivity contribution in [2.24, 2.45) is 0 Å². The van der Waals surface area contributed by atoms with Gasteiger partial charge in [-0.05, 0) is 37.1 Å². The van der Waals surface area contributed by atoms with E-state index in [0.29, 0.717) is 24.0 Å². The van der Waals surface area contributed by atoms with Crippen molar-refractivity contribution < 1.29 is 14.3 Å². The van der Waals surface area contributed by atoms with Crippen LogP contribution in [0.25, 0.3) is 0 Å². The van der Waals surface area contributed by atoms with Gasteiger partial charge in [0.05, 0.1) is 5.54 Å². The average Bonchev–Trinajstić information content (AvgIpc) is 2.47. The van der Waals surface area contributed by atoms with Gasteiger partial charge in [-0.3, -0.25) is 4.79 Å². The van der Waals surface area contributed by atoms with E-state index in [9.17, 15) is 4.79 Å². The normalized spacial score (nSPS) is 17.5. The maximum Gasteiger partial charge on any atom is 0.258 e. The molecule has 110 valence electrons. The van der Waals surface area contributed by atoms with Gasteiger partial charge in [-0.25, -0.2) is 0 Å². The number of benzene rings is 1. The summed E-state index contributed by atoms with van der Waals surface area (Å²) < 4.78 is 10.8. The van der Waals surface area contributed by atoms with Crippen LogP contribution < -0.4 is 10.1 Å². The van der Waals surface area contributed by atoms with E-state index in [1.807, 2.05) is 0 Å². The first-order chi connectivity index (χ1) is 9.63. The molecule has 6 heteroatoms. The van der Waals surface area contributed by atoms with Crippen LogP contribution in [0, 0.1) is 0 Å². The number of carbonyl (C=O) groups is 1. The van der Waals surface area contributed by atoms with E-state index in [1.54, 1.807) is 24.3 Å². The van der Waals surface area contributed by atoms with Gasteiger partial charge in [0, 0.05) is 23.6 Å². The zero-order chi connectivity index (χ0) is 14.4. The van der Waals surface area contributed by atoms with Crippen LogP contribution in [0.3, 0.4) is 0 Å². The van der Waals surface area contributed by atoms with Crippen LogP contribution >= 0.6 is 27.5 Å². The summed E-state index contributed by atoms with van der Waals surface area (Å²) in [7, 11) is 0. The number of hydrogen-bond donors (Lipinski definition) is 1. The van der Waals surface area contributed by atoms with Crippen molar-refractivity contribution in [1.29, 1.82) is 0 Å². The van der Waals surface area contributed by atoms with Gasteiger partial charge in [-0.2, -0.15) is 0 Å². The molecule has 20 heavy (non-hydrogen) atoms. The molecule has 0 radical (unpaired) electrons. The highest BCUT2D eigenvalue weighted by Gasteiger charge is 2.33. The summed E-state index contributed by atoms with van der Waals surface area (Å²) in [5.41, 5.74) is -0.224. The van der Waals surface area contributed by atoms with Gasteiger partial charge in [-0.1, -0.05) is 27.5 Å². The zero-order valence-corrected chi connectivity index (χ0v) is 13.4. The standard InChI is InChI=1S/C14H17BrClNO3/c15-10-14(5-7-19-8-6-14)17-13(18)9-20-12-3-1-11(16)2-4-12/h1-4H,5-10H2,(H,17,18). The Balaban J connectivity index is 1.83. The molecule has 0 atom stereocenters. The smallest absolute Gasteiger partial charge is 0.258 e. The molecule has 0 spiro atoms. The van der Waals surface area contributed by atoms with E-state index in [1.165, 1.54) is 0 Å². The fourth-order valence-electron chi connectivity index (χ4n) is 2.07. The van der Waals surface area contributed by atoms with Crippen molar-refractivity contribution in [3.63, 3.8) is 0 Å². The highest BCUT2D eigenvalue weighted by molar-refractivity contribution is 9.09. The number of amides is 1. The van der Waals surface area contributed by atoms with Gasteiger partial charge >= 0.3 is 0 Å². The molecule has 2 rings (SSSR count). The fraction of sp³-hybridized carbons (Fsp3) is 0.500. The lowest BCUT2D eigenvalue weighted by atomic mass is 9.92. The Bertz CT molecular complexity index is 446. The minimum Gasteiger partial charge on any atom is -0.484 e. The number of halogens is 2. The lowest BCUT2D eigenvalue weighted by molar-refractivity contribution is -0.125. The van der Waals surface area contributed by atoms with Crippen molar-refractivity contribution in [1.82, 2.24) is 5.32 Å². The molecular weight excluding hydrogens is 346 g/mol. The second-order valence-electron chi connectivity index (χ2n) is 4.82. The van der Waals surface area contributed by atoms with Gasteiger partial charge in [-0.15, -0.1) is 0 Å². The molecule has 1 aliphatic rings. The summed E-state index contributed by atoms with van der Waals surface area (Å²) in [4.78, 5) is 12.0. The number of carbonyl (C=O) groups excluding carboxylic acids is 1. The predicted octanol–water partition coefficient (Wildman–Crippen LogP) is 2.78. The van der Waals surface area contributed by atoms with Gasteiger partial charge in [0.15, 0.2) is 6.61 Å². The Morgan fingerprint density at radius 3 is 2.60 bits per heavy atom. The molecule has 0 bridgehead atoms. The molecule has 1 heterocycles. The Kier molecular flexibility index (Phi) is 5.69. The van der Waals surface area contributed by atoms with Crippen LogP contribution in [-0.2, 0) is 9.53 Å². The number of nitrogens with one attached hydrogen (secondary N) is 1. The van der Waals surface area contributed by atoms with Crippen molar-refractivity contribution in [2.45, 2.75) is 18.4 Å². The number of rotatable bonds is 5. The molecule has 1 amide bonds. The summed E-state index contributed by atoms with van der Waals surface area (Å²) >= 11 is 9.26. The van der Waals surface area contributed by atoms with Gasteiger partial charge in [0.2, 0.25) is 0 Å². The summed E-state index contributed by atoms with van der Waals surface area (Å²) in [5.74, 6) is 0.505. The summed E-state index contributed by atoms with van der Waals surface area (Å²) in [6.45, 7) is 1.34. The minimum absolute atomic E-state index is 0.00274. The van der Waals surface area contributed by atoms with E-state index in [2.05, 4.69) is 21.2 Å². The second kappa shape index (κ2) is 7.29. The molecule has 1 saturated heterocycles. The Morgan fingerprint density at radius 2 is 2.00 bits per heavy atom. The van der Waals surface area contributed by atoms with Crippen LogP contribution in [0.4, 0.5) is 0 Å². The lowest BCUT2D eigenvalue weighted by Gasteiger charge is -2.36. The Labute approximate surface area is 131 Å². The maximum absolute atomic E-state index is 12.0. The minimum atomic E-state index is -0.224. The van der Waals surface area contributed by atoms with Gasteiger partial charge in [0.25, 0.3) is 5.91 Å². The molecular formula is C14H17BrClNO3. The van der Waals surface area contributed by atoms with Crippen LogP contribution in [0.15, 0.2) is 24.3 Å². The third-order valence-electron chi connectivity index (χ3n) is 3.29. The summed E-state index contributed by atoms with van der Waals surface area (Å²) in [5, 5.41) is 4.41. The maximum atomic E-state index is 12.0. The first kappa shape index (κ1) is 15.6. The van der Waals surface area contributed by atoms with E-state index >= 15 is 0 Å². The molecule has 0 aromatic heterocycles. The molecule has 0 aliphatic carbocycles. The number of hydrogen-bond acceptors (Lipinski definition) is 3. The quantitative estimate of drug-likeness (QED) is 0.819. The fourth-order valence-corrected chi connectivity index (χ4v) is 2.89. The van der Waals surface area contributed by atoms with Crippen LogP contribution in [-0.4, -0.2) is 36.6 Å². The number of ether oxygens (including phenoxy) is 2. The first-order valence-electron chi connectivity index (χ1n) is 6.47. The molecule has 1 aromatic rings. The summed E-state index contributed by atoms with van der Waals surface area (Å²) in [6.07, 6.45) is 1.62. The molecule has 4 nitrogen and oxygen atoms in total. The SMILES string of the molecule is O=C(COc1ccc(Cl)cc1)NC1(CBr)CCOCC1. The second-order valence-corrected chi connectivity index (χ2v) is 5.81. The average molecular weight is 363 g/mol. The topological polar surface area (TPSA) is 47.6 Å². The van der Waals surface area contributed by atoms with Crippen LogP contribution in [0.1, 0.15) is 12.8 Å².